The number of rotatable bonds is 5. The topological polar surface area (TPSA) is 132 Å². The summed E-state index contributed by atoms with van der Waals surface area (Å²) in [5.74, 6) is -5.02. The summed E-state index contributed by atoms with van der Waals surface area (Å²) in [6.45, 7) is 0. The summed E-state index contributed by atoms with van der Waals surface area (Å²) < 4.78 is 0. The van der Waals surface area contributed by atoms with Crippen molar-refractivity contribution in [3.8, 4) is 0 Å². The van der Waals surface area contributed by atoms with E-state index in [4.69, 9.17) is 20.4 Å². The summed E-state index contributed by atoms with van der Waals surface area (Å²) in [4.78, 5) is 30.5. The zero-order valence-corrected chi connectivity index (χ0v) is 18.4. The van der Waals surface area contributed by atoms with E-state index < -0.39 is 36.4 Å². The van der Waals surface area contributed by atoms with Gasteiger partial charge < -0.3 is 23.3 Å². The molecule has 2 radical (unpaired) electrons. The standard InChI is InChI=1S/C6H8O7.Ba.Sn.Ti.4H/c7-3(8)1-6(13,5(11)12)2-4(9)10;;;;;;;/h13H,1-2H2,(H,7,8)(H,9,10)(H,11,12);;;;;;;/q;+2;;;;;2*-1. The predicted molar refractivity (Wildman–Crippen MR) is 53.6 cm³/mol. The van der Waals surface area contributed by atoms with Crippen LogP contribution in [0, 0.1) is 0 Å². The Bertz CT molecular complexity index is 252. The predicted octanol–water partition coefficient (Wildman–Crippen LogP) is -2.32. The first kappa shape index (κ1) is 26.1. The van der Waals surface area contributed by atoms with Gasteiger partial charge in [-0.15, -0.1) is 0 Å². The summed E-state index contributed by atoms with van der Waals surface area (Å²) in [6.07, 6.45) is -2.29. The fourth-order valence-electron chi connectivity index (χ4n) is 0.714. The number of hydrogen-bond acceptors (Lipinski definition) is 4. The molecule has 88 valence electrons. The van der Waals surface area contributed by atoms with Gasteiger partial charge in [-0.3, -0.25) is 9.59 Å². The average molecular weight is 500 g/mol. The smallest absolute Gasteiger partial charge is 0 e. The SMILES string of the molecule is O=C(O)CC(O)(CC(=O)O)C(=O)O.[Ba+2].[H-].[H-].[SnH2].[Ti]. The number of carboxylic acid groups (broad SMARTS) is 3. The van der Waals surface area contributed by atoms with Crippen LogP contribution in [0.3, 0.4) is 0 Å². The zero-order valence-electron chi connectivity index (χ0n) is 10.3. The molecule has 0 aromatic heterocycles. The average Bonchev–Trinajstić information content (AvgIpc) is 1.82. The molecule has 0 rings (SSSR count). The van der Waals surface area contributed by atoms with Gasteiger partial charge in [-0.1, -0.05) is 0 Å². The number of aliphatic carboxylic acids is 3. The van der Waals surface area contributed by atoms with E-state index in [1.54, 1.807) is 0 Å². The first-order chi connectivity index (χ1) is 5.78. The molecule has 0 aromatic carbocycles. The molecule has 10 heteroatoms. The second-order valence-corrected chi connectivity index (χ2v) is 2.48. The van der Waals surface area contributed by atoms with Crippen LogP contribution >= 0.6 is 0 Å². The molecular formula is C6H12BaO7SnTi. The molecule has 0 saturated heterocycles. The van der Waals surface area contributed by atoms with Gasteiger partial charge in [-0.05, 0) is 0 Å². The maximum Gasteiger partial charge on any atom is 0 e. The molecule has 7 nitrogen and oxygen atoms in total. The molecule has 0 amide bonds. The molecule has 0 unspecified atom stereocenters. The third-order valence-electron chi connectivity index (χ3n) is 1.29. The van der Waals surface area contributed by atoms with Gasteiger partial charge in [0.25, 0.3) is 0 Å². The summed E-state index contributed by atoms with van der Waals surface area (Å²) in [7, 11) is 0. The van der Waals surface area contributed by atoms with Crippen molar-refractivity contribution >= 4 is 90.7 Å². The molecule has 0 aliphatic rings. The Kier molecular flexibility index (Phi) is 18.8. The molecule has 0 atom stereocenters. The first-order valence-corrected chi connectivity index (χ1v) is 3.17. The van der Waals surface area contributed by atoms with Crippen molar-refractivity contribution in [1.29, 1.82) is 0 Å². The van der Waals surface area contributed by atoms with Crippen molar-refractivity contribution in [3.63, 3.8) is 0 Å². The van der Waals surface area contributed by atoms with Gasteiger partial charge in [0.15, 0.2) is 5.60 Å². The molecule has 0 heterocycles. The normalized spacial score (nSPS) is 8.81. The summed E-state index contributed by atoms with van der Waals surface area (Å²) in [5.41, 5.74) is -2.74. The number of hydrogen-bond donors (Lipinski definition) is 4. The van der Waals surface area contributed by atoms with Crippen molar-refractivity contribution in [2.75, 3.05) is 0 Å². The fraction of sp³-hybridized carbons (Fsp3) is 0.500. The van der Waals surface area contributed by atoms with Crippen LogP contribution in [0.1, 0.15) is 15.7 Å². The minimum Gasteiger partial charge on any atom is 0 e. The third kappa shape index (κ3) is 10.6. The molecule has 0 saturated carbocycles. The Hall–Kier alpha value is 1.45. The van der Waals surface area contributed by atoms with Gasteiger partial charge in [0.2, 0.25) is 0 Å². The second kappa shape index (κ2) is 11.5. The Labute approximate surface area is 166 Å². The van der Waals surface area contributed by atoms with E-state index in [2.05, 4.69) is 0 Å². The van der Waals surface area contributed by atoms with Crippen LogP contribution < -0.4 is 0 Å². The zero-order chi connectivity index (χ0) is 10.6. The molecule has 0 aliphatic heterocycles. The van der Waals surface area contributed by atoms with Crippen molar-refractivity contribution in [1.82, 2.24) is 0 Å². The Morgan fingerprint density at radius 2 is 1.25 bits per heavy atom. The Balaban J connectivity index is -0.0000000720. The van der Waals surface area contributed by atoms with Gasteiger partial charge in [-0.25, -0.2) is 4.79 Å². The summed E-state index contributed by atoms with van der Waals surface area (Å²) >= 11 is 0. The summed E-state index contributed by atoms with van der Waals surface area (Å²) in [5, 5.41) is 33.8. The van der Waals surface area contributed by atoms with Crippen LogP contribution in [0.5, 0.6) is 0 Å². The van der Waals surface area contributed by atoms with Crippen LogP contribution in [-0.4, -0.2) is 117 Å². The van der Waals surface area contributed by atoms with E-state index in [-0.39, 0.29) is 97.4 Å². The monoisotopic (exact) mass is 502 g/mol. The fourth-order valence-corrected chi connectivity index (χ4v) is 0.714. The van der Waals surface area contributed by atoms with Gasteiger partial charge in [0.05, 0.1) is 12.8 Å². The largest absolute Gasteiger partial charge is 0 e. The van der Waals surface area contributed by atoms with Crippen molar-refractivity contribution in [3.05, 3.63) is 0 Å². The van der Waals surface area contributed by atoms with Gasteiger partial charge in [0, 0.05) is 21.7 Å². The molecule has 0 aliphatic carbocycles. The minimum absolute atomic E-state index is 0. The van der Waals surface area contributed by atoms with Gasteiger partial charge >= 0.3 is 90.7 Å². The van der Waals surface area contributed by atoms with E-state index in [9.17, 15) is 14.4 Å². The molecule has 0 aromatic rings. The summed E-state index contributed by atoms with van der Waals surface area (Å²) in [6, 6.07) is 0. The van der Waals surface area contributed by atoms with E-state index in [1.807, 2.05) is 0 Å². The van der Waals surface area contributed by atoms with E-state index >= 15 is 0 Å². The molecule has 0 fully saturated rings. The van der Waals surface area contributed by atoms with Gasteiger partial charge in [0.1, 0.15) is 0 Å². The molecule has 0 spiro atoms. The van der Waals surface area contributed by atoms with Crippen LogP contribution in [0.25, 0.3) is 0 Å². The van der Waals surface area contributed by atoms with Crippen LogP contribution in [0.15, 0.2) is 0 Å². The third-order valence-corrected chi connectivity index (χ3v) is 1.29. The second-order valence-electron chi connectivity index (χ2n) is 2.48. The quantitative estimate of drug-likeness (QED) is 0.312. The van der Waals surface area contributed by atoms with E-state index in [0.717, 1.165) is 0 Å². The molecule has 0 bridgehead atoms. The minimum atomic E-state index is -2.74. The van der Waals surface area contributed by atoms with Gasteiger partial charge in [-0.2, -0.15) is 0 Å². The number of carbonyl (C=O) groups is 3. The number of carboxylic acids is 3. The number of aliphatic hydroxyl groups is 1. The molecular weight excluding hydrogens is 488 g/mol. The molecule has 4 N–H and O–H groups in total. The van der Waals surface area contributed by atoms with Crippen LogP contribution in [-0.2, 0) is 36.1 Å². The van der Waals surface area contributed by atoms with E-state index in [0.29, 0.717) is 0 Å². The van der Waals surface area contributed by atoms with Crippen molar-refractivity contribution in [2.24, 2.45) is 0 Å². The van der Waals surface area contributed by atoms with Crippen molar-refractivity contribution < 1.29 is 59.4 Å². The maximum atomic E-state index is 10.3. The first-order valence-electron chi connectivity index (χ1n) is 3.17. The Morgan fingerprint density at radius 1 is 1.00 bits per heavy atom. The van der Waals surface area contributed by atoms with Crippen LogP contribution in [0.4, 0.5) is 0 Å². The molecule has 16 heavy (non-hydrogen) atoms. The van der Waals surface area contributed by atoms with Crippen LogP contribution in [0.2, 0.25) is 0 Å². The maximum absolute atomic E-state index is 10.3. The van der Waals surface area contributed by atoms with Crippen molar-refractivity contribution in [2.45, 2.75) is 18.4 Å². The Morgan fingerprint density at radius 3 is 1.38 bits per heavy atom. The van der Waals surface area contributed by atoms with E-state index in [1.165, 1.54) is 0 Å².